The number of hydrogen-bond donors (Lipinski definition) is 1. The van der Waals surface area contributed by atoms with Crippen LogP contribution in [0.1, 0.15) is 6.42 Å². The van der Waals surface area contributed by atoms with E-state index < -0.39 is 0 Å². The molecule has 0 amide bonds. The molecule has 0 aliphatic rings. The lowest BCUT2D eigenvalue weighted by atomic mass is 10.3. The number of para-hydroxylation sites is 2. The minimum atomic E-state index is 0.230. The van der Waals surface area contributed by atoms with Crippen LogP contribution in [0.3, 0.4) is 0 Å². The number of aromatic nitrogens is 2. The fourth-order valence-corrected chi connectivity index (χ4v) is 2.02. The Morgan fingerprint density at radius 2 is 2.00 bits per heavy atom. The monoisotopic (exact) mass is 220 g/mol. The van der Waals surface area contributed by atoms with Gasteiger partial charge in [0.1, 0.15) is 5.03 Å². The average Bonchev–Trinajstić information content (AvgIpc) is 2.29. The average molecular weight is 220 g/mol. The molecule has 0 atom stereocenters. The highest BCUT2D eigenvalue weighted by Crippen LogP contribution is 2.18. The van der Waals surface area contributed by atoms with Gasteiger partial charge >= 0.3 is 0 Å². The molecule has 2 aromatic rings. The Bertz CT molecular complexity index is 447. The van der Waals surface area contributed by atoms with Crippen molar-refractivity contribution in [3.63, 3.8) is 0 Å². The quantitative estimate of drug-likeness (QED) is 0.633. The van der Waals surface area contributed by atoms with Crippen molar-refractivity contribution in [2.75, 3.05) is 12.4 Å². The van der Waals surface area contributed by atoms with E-state index in [0.717, 1.165) is 28.2 Å². The van der Waals surface area contributed by atoms with E-state index in [1.807, 2.05) is 24.3 Å². The van der Waals surface area contributed by atoms with Gasteiger partial charge in [0.2, 0.25) is 0 Å². The van der Waals surface area contributed by atoms with Crippen LogP contribution in [-0.4, -0.2) is 27.4 Å². The summed E-state index contributed by atoms with van der Waals surface area (Å²) in [5, 5.41) is 9.59. The second-order valence-electron chi connectivity index (χ2n) is 3.12. The SMILES string of the molecule is OCCCSc1cnc2ccccc2n1. The lowest BCUT2D eigenvalue weighted by Crippen LogP contribution is -1.89. The molecule has 0 saturated carbocycles. The maximum Gasteiger partial charge on any atom is 0.115 e. The number of nitrogens with zero attached hydrogens (tertiary/aromatic N) is 2. The summed E-state index contributed by atoms with van der Waals surface area (Å²) in [6, 6.07) is 7.82. The minimum Gasteiger partial charge on any atom is -0.396 e. The van der Waals surface area contributed by atoms with Crippen molar-refractivity contribution in [3.05, 3.63) is 30.5 Å². The number of benzene rings is 1. The number of aliphatic hydroxyl groups is 1. The largest absolute Gasteiger partial charge is 0.396 e. The molecule has 0 fully saturated rings. The zero-order valence-electron chi connectivity index (χ0n) is 8.26. The molecule has 0 saturated heterocycles. The molecule has 0 unspecified atom stereocenters. The molecule has 0 aliphatic heterocycles. The van der Waals surface area contributed by atoms with Crippen LogP contribution in [0.4, 0.5) is 0 Å². The Morgan fingerprint density at radius 1 is 1.20 bits per heavy atom. The first kappa shape index (κ1) is 10.4. The molecule has 15 heavy (non-hydrogen) atoms. The van der Waals surface area contributed by atoms with E-state index in [9.17, 15) is 0 Å². The van der Waals surface area contributed by atoms with Crippen molar-refractivity contribution in [2.45, 2.75) is 11.4 Å². The van der Waals surface area contributed by atoms with E-state index in [1.165, 1.54) is 0 Å². The first-order valence-corrected chi connectivity index (χ1v) is 5.84. The molecule has 2 rings (SSSR count). The summed E-state index contributed by atoms with van der Waals surface area (Å²) in [6.07, 6.45) is 2.57. The van der Waals surface area contributed by atoms with Crippen LogP contribution in [0.2, 0.25) is 0 Å². The molecule has 0 radical (unpaired) electrons. The molecule has 4 heteroatoms. The van der Waals surface area contributed by atoms with Gasteiger partial charge in [-0.3, -0.25) is 4.98 Å². The summed E-state index contributed by atoms with van der Waals surface area (Å²) in [5.74, 6) is 0.878. The highest BCUT2D eigenvalue weighted by molar-refractivity contribution is 7.99. The van der Waals surface area contributed by atoms with Gasteiger partial charge in [-0.25, -0.2) is 4.98 Å². The molecule has 78 valence electrons. The maximum atomic E-state index is 8.67. The van der Waals surface area contributed by atoms with Gasteiger partial charge in [0.25, 0.3) is 0 Å². The zero-order valence-corrected chi connectivity index (χ0v) is 9.07. The molecular formula is C11H12N2OS. The molecule has 0 bridgehead atoms. The van der Waals surface area contributed by atoms with Crippen LogP contribution in [0.25, 0.3) is 11.0 Å². The summed E-state index contributed by atoms with van der Waals surface area (Å²) in [6.45, 7) is 0.230. The van der Waals surface area contributed by atoms with E-state index in [1.54, 1.807) is 18.0 Å². The van der Waals surface area contributed by atoms with Crippen molar-refractivity contribution in [1.29, 1.82) is 0 Å². The molecule has 1 N–H and O–H groups in total. The van der Waals surface area contributed by atoms with Gasteiger partial charge < -0.3 is 5.11 Å². The van der Waals surface area contributed by atoms with Crippen LogP contribution in [0.15, 0.2) is 35.5 Å². The fourth-order valence-electron chi connectivity index (χ4n) is 1.25. The molecular weight excluding hydrogens is 208 g/mol. The fraction of sp³-hybridized carbons (Fsp3) is 0.273. The summed E-state index contributed by atoms with van der Waals surface area (Å²) in [7, 11) is 0. The van der Waals surface area contributed by atoms with Crippen LogP contribution < -0.4 is 0 Å². The van der Waals surface area contributed by atoms with Gasteiger partial charge in [-0.15, -0.1) is 11.8 Å². The van der Waals surface area contributed by atoms with Gasteiger partial charge in [0, 0.05) is 12.4 Å². The zero-order chi connectivity index (χ0) is 10.5. The third-order valence-corrected chi connectivity index (χ3v) is 2.96. The third kappa shape index (κ3) is 2.67. The van der Waals surface area contributed by atoms with E-state index in [0.29, 0.717) is 0 Å². The van der Waals surface area contributed by atoms with Crippen LogP contribution in [-0.2, 0) is 0 Å². The molecule has 3 nitrogen and oxygen atoms in total. The molecule has 1 aromatic carbocycles. The smallest absolute Gasteiger partial charge is 0.115 e. The van der Waals surface area contributed by atoms with Gasteiger partial charge in [-0.2, -0.15) is 0 Å². The van der Waals surface area contributed by atoms with E-state index >= 15 is 0 Å². The van der Waals surface area contributed by atoms with Gasteiger partial charge in [-0.05, 0) is 18.6 Å². The van der Waals surface area contributed by atoms with E-state index in [4.69, 9.17) is 5.11 Å². The lowest BCUT2D eigenvalue weighted by molar-refractivity contribution is 0.296. The van der Waals surface area contributed by atoms with Crippen molar-refractivity contribution >= 4 is 22.8 Å². The predicted octanol–water partition coefficient (Wildman–Crippen LogP) is 2.10. The number of aliphatic hydroxyl groups excluding tert-OH is 1. The lowest BCUT2D eigenvalue weighted by Gasteiger charge is -2.00. The normalized spacial score (nSPS) is 10.7. The topological polar surface area (TPSA) is 46.0 Å². The standard InChI is InChI=1S/C11H12N2OS/c14-6-3-7-15-11-8-12-9-4-1-2-5-10(9)13-11/h1-2,4-5,8,14H,3,6-7H2. The Hall–Kier alpha value is -1.13. The summed E-state index contributed by atoms with van der Waals surface area (Å²) in [4.78, 5) is 8.78. The van der Waals surface area contributed by atoms with Gasteiger partial charge in [-0.1, -0.05) is 12.1 Å². The Morgan fingerprint density at radius 3 is 2.80 bits per heavy atom. The van der Waals surface area contributed by atoms with Crippen LogP contribution >= 0.6 is 11.8 Å². The second-order valence-corrected chi connectivity index (χ2v) is 4.24. The van der Waals surface area contributed by atoms with Crippen molar-refractivity contribution < 1.29 is 5.11 Å². The number of hydrogen-bond acceptors (Lipinski definition) is 4. The Labute approximate surface area is 92.6 Å². The third-order valence-electron chi connectivity index (χ3n) is 1.98. The van der Waals surface area contributed by atoms with E-state index in [-0.39, 0.29) is 6.61 Å². The molecule has 1 aromatic heterocycles. The van der Waals surface area contributed by atoms with Gasteiger partial charge in [0.05, 0.1) is 17.2 Å². The van der Waals surface area contributed by atoms with Crippen molar-refractivity contribution in [3.8, 4) is 0 Å². The van der Waals surface area contributed by atoms with Crippen LogP contribution in [0, 0.1) is 0 Å². The first-order chi connectivity index (χ1) is 7.40. The number of rotatable bonds is 4. The van der Waals surface area contributed by atoms with Crippen molar-refractivity contribution in [1.82, 2.24) is 9.97 Å². The highest BCUT2D eigenvalue weighted by Gasteiger charge is 1.99. The number of thioether (sulfide) groups is 1. The minimum absolute atomic E-state index is 0.230. The number of fused-ring (bicyclic) bond motifs is 1. The summed E-state index contributed by atoms with van der Waals surface area (Å²) >= 11 is 1.63. The molecule has 1 heterocycles. The Balaban J connectivity index is 2.16. The van der Waals surface area contributed by atoms with Crippen molar-refractivity contribution in [2.24, 2.45) is 0 Å². The van der Waals surface area contributed by atoms with Crippen LogP contribution in [0.5, 0.6) is 0 Å². The molecule has 0 aliphatic carbocycles. The second kappa shape index (κ2) is 5.09. The highest BCUT2D eigenvalue weighted by atomic mass is 32.2. The predicted molar refractivity (Wildman–Crippen MR) is 62.0 cm³/mol. The Kier molecular flexibility index (Phi) is 3.53. The maximum absolute atomic E-state index is 8.67. The summed E-state index contributed by atoms with van der Waals surface area (Å²) in [5.41, 5.74) is 1.84. The summed E-state index contributed by atoms with van der Waals surface area (Å²) < 4.78 is 0. The first-order valence-electron chi connectivity index (χ1n) is 4.85. The van der Waals surface area contributed by atoms with E-state index in [2.05, 4.69) is 9.97 Å². The molecule has 0 spiro atoms. The van der Waals surface area contributed by atoms with Gasteiger partial charge in [0.15, 0.2) is 0 Å².